The van der Waals surface area contributed by atoms with Crippen molar-refractivity contribution in [1.29, 1.82) is 0 Å². The Balaban J connectivity index is 2.58. The lowest BCUT2D eigenvalue weighted by atomic mass is 9.93. The van der Waals surface area contributed by atoms with Crippen molar-refractivity contribution < 1.29 is 4.79 Å². The van der Waals surface area contributed by atoms with Crippen LogP contribution in [0.5, 0.6) is 0 Å². The van der Waals surface area contributed by atoms with E-state index in [1.165, 1.54) is 11.0 Å². The summed E-state index contributed by atoms with van der Waals surface area (Å²) in [5, 5.41) is 10.7. The fraction of sp³-hybridized carbons (Fsp3) is 0.800. The molecule has 0 fully saturated rings. The Kier molecular flexibility index (Phi) is 4.56. The van der Waals surface area contributed by atoms with Crippen molar-refractivity contribution in [2.75, 3.05) is 19.6 Å². The van der Waals surface area contributed by atoms with E-state index in [-0.39, 0.29) is 17.9 Å². The summed E-state index contributed by atoms with van der Waals surface area (Å²) in [5.41, 5.74) is 5.59. The minimum atomic E-state index is -0.0771. The molecule has 1 amide bonds. The zero-order valence-electron chi connectivity index (χ0n) is 10.6. The standard InChI is InChI=1S/C10H20N6O/c1-4-15(7-10(2,3)6-11)9(17)5-16-8-12-13-14-16/h8H,4-7,11H2,1-3H3. The van der Waals surface area contributed by atoms with Crippen molar-refractivity contribution >= 4 is 5.91 Å². The first-order chi connectivity index (χ1) is 7.98. The number of nitrogens with two attached hydrogens (primary N) is 1. The summed E-state index contributed by atoms with van der Waals surface area (Å²) in [6.07, 6.45) is 1.43. The zero-order valence-corrected chi connectivity index (χ0v) is 10.6. The van der Waals surface area contributed by atoms with Crippen LogP contribution in [0.25, 0.3) is 0 Å². The number of likely N-dealkylation sites (N-methyl/N-ethyl adjacent to an activating group) is 1. The number of hydrogen-bond donors (Lipinski definition) is 1. The zero-order chi connectivity index (χ0) is 12.9. The minimum Gasteiger partial charge on any atom is -0.341 e. The van der Waals surface area contributed by atoms with E-state index in [4.69, 9.17) is 5.73 Å². The van der Waals surface area contributed by atoms with Crippen molar-refractivity contribution in [1.82, 2.24) is 25.1 Å². The summed E-state index contributed by atoms with van der Waals surface area (Å²) in [7, 11) is 0. The number of hydrogen-bond acceptors (Lipinski definition) is 5. The summed E-state index contributed by atoms with van der Waals surface area (Å²) in [5.74, 6) is 0.00123. The van der Waals surface area contributed by atoms with Gasteiger partial charge < -0.3 is 10.6 Å². The average Bonchev–Trinajstić information content (AvgIpc) is 2.78. The molecule has 7 heteroatoms. The maximum absolute atomic E-state index is 12.0. The molecule has 0 atom stereocenters. The van der Waals surface area contributed by atoms with E-state index in [1.54, 1.807) is 4.90 Å². The van der Waals surface area contributed by atoms with Gasteiger partial charge in [-0.1, -0.05) is 13.8 Å². The van der Waals surface area contributed by atoms with Gasteiger partial charge in [0, 0.05) is 13.1 Å². The summed E-state index contributed by atoms with van der Waals surface area (Å²) in [4.78, 5) is 13.8. The molecule has 1 aromatic rings. The first kappa shape index (κ1) is 13.6. The van der Waals surface area contributed by atoms with Gasteiger partial charge in [0.1, 0.15) is 12.9 Å². The van der Waals surface area contributed by atoms with Crippen LogP contribution in [0.2, 0.25) is 0 Å². The summed E-state index contributed by atoms with van der Waals surface area (Å²) < 4.78 is 1.42. The molecule has 0 aromatic carbocycles. The third-order valence-electron chi connectivity index (χ3n) is 2.59. The maximum Gasteiger partial charge on any atom is 0.244 e. The molecule has 0 aliphatic heterocycles. The van der Waals surface area contributed by atoms with Crippen LogP contribution in [0.4, 0.5) is 0 Å². The molecule has 0 unspecified atom stereocenters. The van der Waals surface area contributed by atoms with Gasteiger partial charge in [-0.25, -0.2) is 4.68 Å². The highest BCUT2D eigenvalue weighted by Crippen LogP contribution is 2.14. The molecule has 0 saturated carbocycles. The second-order valence-electron chi connectivity index (χ2n) is 4.78. The van der Waals surface area contributed by atoms with Gasteiger partial charge in [-0.2, -0.15) is 0 Å². The molecule has 0 bridgehead atoms. The van der Waals surface area contributed by atoms with Gasteiger partial charge >= 0.3 is 0 Å². The van der Waals surface area contributed by atoms with Gasteiger partial charge in [-0.3, -0.25) is 4.79 Å². The van der Waals surface area contributed by atoms with Gasteiger partial charge in [-0.15, -0.1) is 5.10 Å². The molecule has 0 aliphatic rings. The Morgan fingerprint density at radius 3 is 2.71 bits per heavy atom. The molecular weight excluding hydrogens is 220 g/mol. The number of amides is 1. The monoisotopic (exact) mass is 240 g/mol. The highest BCUT2D eigenvalue weighted by molar-refractivity contribution is 5.75. The molecule has 0 spiro atoms. The molecule has 0 aliphatic carbocycles. The van der Waals surface area contributed by atoms with Crippen molar-refractivity contribution in [3.63, 3.8) is 0 Å². The van der Waals surface area contributed by atoms with Crippen LogP contribution in [-0.2, 0) is 11.3 Å². The lowest BCUT2D eigenvalue weighted by Gasteiger charge is -2.31. The smallest absolute Gasteiger partial charge is 0.244 e. The fourth-order valence-corrected chi connectivity index (χ4v) is 1.45. The second-order valence-corrected chi connectivity index (χ2v) is 4.78. The SMILES string of the molecule is CCN(CC(C)(C)CN)C(=O)Cn1cnnn1. The maximum atomic E-state index is 12.0. The van der Waals surface area contributed by atoms with Gasteiger partial charge in [0.05, 0.1) is 0 Å². The molecule has 0 radical (unpaired) electrons. The lowest BCUT2D eigenvalue weighted by molar-refractivity contribution is -0.133. The third kappa shape index (κ3) is 4.10. The number of carbonyl (C=O) groups excluding carboxylic acids is 1. The molecule has 1 aromatic heterocycles. The minimum absolute atomic E-state index is 0.00123. The quantitative estimate of drug-likeness (QED) is 0.724. The predicted molar refractivity (Wildman–Crippen MR) is 62.9 cm³/mol. The van der Waals surface area contributed by atoms with Crippen LogP contribution in [0.1, 0.15) is 20.8 Å². The van der Waals surface area contributed by atoms with Gasteiger partial charge in [-0.05, 0) is 29.3 Å². The molecule has 1 rings (SSSR count). The van der Waals surface area contributed by atoms with E-state index in [9.17, 15) is 4.79 Å². The normalized spacial score (nSPS) is 11.5. The van der Waals surface area contributed by atoms with Crippen LogP contribution < -0.4 is 5.73 Å². The van der Waals surface area contributed by atoms with E-state index < -0.39 is 0 Å². The van der Waals surface area contributed by atoms with Crippen molar-refractivity contribution in [3.8, 4) is 0 Å². The van der Waals surface area contributed by atoms with Crippen LogP contribution >= 0.6 is 0 Å². The Bertz CT molecular complexity index is 348. The Morgan fingerprint density at radius 2 is 2.24 bits per heavy atom. The largest absolute Gasteiger partial charge is 0.341 e. The van der Waals surface area contributed by atoms with Crippen molar-refractivity contribution in [2.45, 2.75) is 27.3 Å². The van der Waals surface area contributed by atoms with Crippen LogP contribution in [0.15, 0.2) is 6.33 Å². The van der Waals surface area contributed by atoms with Gasteiger partial charge in [0.25, 0.3) is 0 Å². The Morgan fingerprint density at radius 1 is 1.53 bits per heavy atom. The third-order valence-corrected chi connectivity index (χ3v) is 2.59. The molecule has 0 saturated heterocycles. The molecular formula is C10H20N6O. The number of nitrogens with zero attached hydrogens (tertiary/aromatic N) is 5. The van der Waals surface area contributed by atoms with Crippen LogP contribution in [0.3, 0.4) is 0 Å². The van der Waals surface area contributed by atoms with Crippen molar-refractivity contribution in [2.24, 2.45) is 11.1 Å². The summed E-state index contributed by atoms with van der Waals surface area (Å²) in [6, 6.07) is 0. The first-order valence-corrected chi connectivity index (χ1v) is 5.67. The van der Waals surface area contributed by atoms with E-state index in [1.807, 2.05) is 20.8 Å². The second kappa shape index (κ2) is 5.72. The van der Waals surface area contributed by atoms with E-state index >= 15 is 0 Å². The van der Waals surface area contributed by atoms with Crippen LogP contribution in [-0.4, -0.2) is 50.6 Å². The van der Waals surface area contributed by atoms with Gasteiger partial charge in [0.2, 0.25) is 5.91 Å². The topological polar surface area (TPSA) is 89.9 Å². The number of rotatable bonds is 6. The summed E-state index contributed by atoms with van der Waals surface area (Å²) >= 11 is 0. The summed E-state index contributed by atoms with van der Waals surface area (Å²) in [6.45, 7) is 8.04. The average molecular weight is 240 g/mol. The molecule has 17 heavy (non-hydrogen) atoms. The molecule has 96 valence electrons. The van der Waals surface area contributed by atoms with Crippen molar-refractivity contribution in [3.05, 3.63) is 6.33 Å². The number of carbonyl (C=O) groups is 1. The highest BCUT2D eigenvalue weighted by Gasteiger charge is 2.22. The Hall–Kier alpha value is -1.50. The fourth-order valence-electron chi connectivity index (χ4n) is 1.45. The number of aromatic nitrogens is 4. The van der Waals surface area contributed by atoms with E-state index in [0.717, 1.165) is 0 Å². The Labute approximate surface area is 101 Å². The predicted octanol–water partition coefficient (Wildman–Crippen LogP) is -0.493. The molecule has 2 N–H and O–H groups in total. The first-order valence-electron chi connectivity index (χ1n) is 5.67. The number of tetrazole rings is 1. The van der Waals surface area contributed by atoms with Crippen LogP contribution in [0, 0.1) is 5.41 Å². The molecule has 7 nitrogen and oxygen atoms in total. The van der Waals surface area contributed by atoms with E-state index in [0.29, 0.717) is 19.6 Å². The van der Waals surface area contributed by atoms with Gasteiger partial charge in [0.15, 0.2) is 0 Å². The molecule has 1 heterocycles. The highest BCUT2D eigenvalue weighted by atomic mass is 16.2. The van der Waals surface area contributed by atoms with E-state index in [2.05, 4.69) is 15.5 Å². The lowest BCUT2D eigenvalue weighted by Crippen LogP contribution is -2.43.